The van der Waals surface area contributed by atoms with Crippen LogP contribution in [-0.2, 0) is 5.41 Å². The smallest absolute Gasteiger partial charge is 0.123 e. The molecule has 1 aliphatic heterocycles. The third kappa shape index (κ3) is 3.22. The van der Waals surface area contributed by atoms with Crippen LogP contribution in [0.2, 0.25) is 0 Å². The van der Waals surface area contributed by atoms with E-state index in [1.807, 2.05) is 0 Å². The summed E-state index contributed by atoms with van der Waals surface area (Å²) < 4.78 is 5.94. The fourth-order valence-corrected chi connectivity index (χ4v) is 2.10. The molecular weight excluding hydrogens is 210 g/mol. The van der Waals surface area contributed by atoms with Crippen molar-refractivity contribution in [1.82, 2.24) is 5.32 Å². The highest BCUT2D eigenvalue weighted by molar-refractivity contribution is 5.38. The highest BCUT2D eigenvalue weighted by Gasteiger charge is 2.19. The van der Waals surface area contributed by atoms with Gasteiger partial charge in [0.25, 0.3) is 0 Å². The van der Waals surface area contributed by atoms with Crippen LogP contribution in [0.1, 0.15) is 32.8 Å². The van der Waals surface area contributed by atoms with Crippen LogP contribution < -0.4 is 10.1 Å². The molecule has 1 N–H and O–H groups in total. The first kappa shape index (κ1) is 12.4. The van der Waals surface area contributed by atoms with Gasteiger partial charge in [-0.15, -0.1) is 0 Å². The average molecular weight is 233 g/mol. The Morgan fingerprint density at radius 1 is 1.24 bits per heavy atom. The van der Waals surface area contributed by atoms with Gasteiger partial charge in [-0.05, 0) is 42.5 Å². The molecule has 2 nitrogen and oxygen atoms in total. The number of ether oxygens (including phenoxy) is 1. The third-order valence-electron chi connectivity index (χ3n) is 3.34. The predicted molar refractivity (Wildman–Crippen MR) is 71.6 cm³/mol. The highest BCUT2D eigenvalue weighted by Crippen LogP contribution is 2.31. The first-order valence-electron chi connectivity index (χ1n) is 6.50. The van der Waals surface area contributed by atoms with Gasteiger partial charge in [0, 0.05) is 0 Å². The van der Waals surface area contributed by atoms with Crippen LogP contribution in [0.5, 0.6) is 5.75 Å². The van der Waals surface area contributed by atoms with E-state index in [9.17, 15) is 0 Å². The number of benzene rings is 1. The van der Waals surface area contributed by atoms with Crippen LogP contribution in [0, 0.1) is 5.92 Å². The van der Waals surface area contributed by atoms with Gasteiger partial charge in [-0.2, -0.15) is 0 Å². The molecule has 0 saturated carbocycles. The van der Waals surface area contributed by atoms with Crippen LogP contribution in [0.4, 0.5) is 0 Å². The van der Waals surface area contributed by atoms with Crippen molar-refractivity contribution in [1.29, 1.82) is 0 Å². The minimum atomic E-state index is 0.147. The minimum Gasteiger partial charge on any atom is -0.493 e. The summed E-state index contributed by atoms with van der Waals surface area (Å²) in [5.74, 6) is 1.86. The Kier molecular flexibility index (Phi) is 3.72. The van der Waals surface area contributed by atoms with Gasteiger partial charge < -0.3 is 10.1 Å². The van der Waals surface area contributed by atoms with Crippen LogP contribution in [0.25, 0.3) is 0 Å². The molecule has 17 heavy (non-hydrogen) atoms. The van der Waals surface area contributed by atoms with Crippen molar-refractivity contribution in [3.05, 3.63) is 29.8 Å². The van der Waals surface area contributed by atoms with E-state index in [-0.39, 0.29) is 5.41 Å². The van der Waals surface area contributed by atoms with Gasteiger partial charge in [-0.3, -0.25) is 0 Å². The Labute approximate surface area is 104 Å². The summed E-state index contributed by atoms with van der Waals surface area (Å²) in [6, 6.07) is 8.39. The van der Waals surface area contributed by atoms with Crippen molar-refractivity contribution in [3.63, 3.8) is 0 Å². The van der Waals surface area contributed by atoms with E-state index in [1.165, 1.54) is 5.56 Å². The van der Waals surface area contributed by atoms with E-state index < -0.39 is 0 Å². The quantitative estimate of drug-likeness (QED) is 0.863. The molecule has 0 aliphatic carbocycles. The van der Waals surface area contributed by atoms with Crippen molar-refractivity contribution in [3.8, 4) is 5.75 Å². The summed E-state index contributed by atoms with van der Waals surface area (Å²) in [5.41, 5.74) is 1.45. The second-order valence-corrected chi connectivity index (χ2v) is 5.91. The van der Waals surface area contributed by atoms with Gasteiger partial charge in [0.15, 0.2) is 0 Å². The largest absolute Gasteiger partial charge is 0.493 e. The summed E-state index contributed by atoms with van der Waals surface area (Å²) >= 11 is 0. The summed E-state index contributed by atoms with van der Waals surface area (Å²) in [5, 5.41) is 3.29. The van der Waals surface area contributed by atoms with Crippen molar-refractivity contribution in [2.45, 2.75) is 32.6 Å². The molecule has 0 radical (unpaired) electrons. The molecule has 1 aliphatic rings. The number of hydrogen-bond donors (Lipinski definition) is 1. The van der Waals surface area contributed by atoms with E-state index in [0.717, 1.165) is 37.8 Å². The molecule has 0 aromatic heterocycles. The van der Waals surface area contributed by atoms with Crippen molar-refractivity contribution in [2.24, 2.45) is 5.92 Å². The molecule has 1 aromatic rings. The van der Waals surface area contributed by atoms with Crippen molar-refractivity contribution >= 4 is 0 Å². The molecule has 0 atom stereocenters. The minimum absolute atomic E-state index is 0.147. The fraction of sp³-hybridized carbons (Fsp3) is 0.600. The monoisotopic (exact) mass is 233 g/mol. The molecule has 94 valence electrons. The zero-order valence-electron chi connectivity index (χ0n) is 11.1. The topological polar surface area (TPSA) is 21.3 Å². The highest BCUT2D eigenvalue weighted by atomic mass is 16.5. The molecule has 0 bridgehead atoms. The fourth-order valence-electron chi connectivity index (χ4n) is 2.10. The molecular formula is C15H23NO. The first-order chi connectivity index (χ1) is 8.07. The standard InChI is InChI=1S/C15H23NO/c1-15(2,3)13-6-4-5-7-14(13)17-9-8-12-10-16-11-12/h4-7,12,16H,8-11H2,1-3H3. The summed E-state index contributed by atoms with van der Waals surface area (Å²) in [6.07, 6.45) is 1.16. The third-order valence-corrected chi connectivity index (χ3v) is 3.34. The first-order valence-corrected chi connectivity index (χ1v) is 6.50. The van der Waals surface area contributed by atoms with E-state index >= 15 is 0 Å². The lowest BCUT2D eigenvalue weighted by Crippen LogP contribution is -2.42. The van der Waals surface area contributed by atoms with Crippen LogP contribution in [0.15, 0.2) is 24.3 Å². The molecule has 2 heteroatoms. The maximum absolute atomic E-state index is 5.94. The number of para-hydroxylation sites is 1. The van der Waals surface area contributed by atoms with Crippen LogP contribution in [-0.4, -0.2) is 19.7 Å². The Morgan fingerprint density at radius 3 is 2.53 bits per heavy atom. The van der Waals surface area contributed by atoms with Gasteiger partial charge in [-0.1, -0.05) is 39.0 Å². The Balaban J connectivity index is 1.94. The SMILES string of the molecule is CC(C)(C)c1ccccc1OCCC1CNC1. The van der Waals surface area contributed by atoms with E-state index in [0.29, 0.717) is 0 Å². The molecule has 1 saturated heterocycles. The summed E-state index contributed by atoms with van der Waals surface area (Å²) in [6.45, 7) is 9.83. The van der Waals surface area contributed by atoms with E-state index in [1.54, 1.807) is 0 Å². The summed E-state index contributed by atoms with van der Waals surface area (Å²) in [7, 11) is 0. The maximum Gasteiger partial charge on any atom is 0.123 e. The zero-order valence-corrected chi connectivity index (χ0v) is 11.1. The number of rotatable bonds is 4. The number of hydrogen-bond acceptors (Lipinski definition) is 2. The molecule has 2 rings (SSSR count). The van der Waals surface area contributed by atoms with Gasteiger partial charge in [0.2, 0.25) is 0 Å². The van der Waals surface area contributed by atoms with Crippen LogP contribution >= 0.6 is 0 Å². The summed E-state index contributed by atoms with van der Waals surface area (Å²) in [4.78, 5) is 0. The average Bonchev–Trinajstić information content (AvgIpc) is 2.21. The van der Waals surface area contributed by atoms with Gasteiger partial charge in [0.05, 0.1) is 6.61 Å². The molecule has 1 heterocycles. The lowest BCUT2D eigenvalue weighted by molar-refractivity contribution is 0.235. The predicted octanol–water partition coefficient (Wildman–Crippen LogP) is 2.97. The van der Waals surface area contributed by atoms with E-state index in [2.05, 4.69) is 50.4 Å². The second-order valence-electron chi connectivity index (χ2n) is 5.91. The van der Waals surface area contributed by atoms with Crippen LogP contribution in [0.3, 0.4) is 0 Å². The van der Waals surface area contributed by atoms with Crippen molar-refractivity contribution in [2.75, 3.05) is 19.7 Å². The van der Waals surface area contributed by atoms with E-state index in [4.69, 9.17) is 4.74 Å². The second kappa shape index (κ2) is 5.09. The lowest BCUT2D eigenvalue weighted by Gasteiger charge is -2.27. The Bertz CT molecular complexity index is 363. The number of nitrogens with one attached hydrogen (secondary N) is 1. The lowest BCUT2D eigenvalue weighted by atomic mass is 9.86. The molecule has 1 fully saturated rings. The van der Waals surface area contributed by atoms with Gasteiger partial charge >= 0.3 is 0 Å². The molecule has 1 aromatic carbocycles. The Hall–Kier alpha value is -1.02. The maximum atomic E-state index is 5.94. The molecule has 0 unspecified atom stereocenters. The Morgan fingerprint density at radius 2 is 1.94 bits per heavy atom. The van der Waals surface area contributed by atoms with Crippen molar-refractivity contribution < 1.29 is 4.74 Å². The normalized spacial score (nSPS) is 16.6. The van der Waals surface area contributed by atoms with Gasteiger partial charge in [-0.25, -0.2) is 0 Å². The van der Waals surface area contributed by atoms with Gasteiger partial charge in [0.1, 0.15) is 5.75 Å². The molecule has 0 amide bonds. The zero-order chi connectivity index (χ0) is 12.3. The molecule has 0 spiro atoms.